The van der Waals surface area contributed by atoms with Crippen LogP contribution >= 0.6 is 15.9 Å². The molecule has 0 amide bonds. The Labute approximate surface area is 115 Å². The first-order valence-corrected chi connectivity index (χ1v) is 6.88. The molecule has 94 valence electrons. The van der Waals surface area contributed by atoms with Gasteiger partial charge in [0.15, 0.2) is 0 Å². The summed E-state index contributed by atoms with van der Waals surface area (Å²) >= 11 is 3.57. The lowest BCUT2D eigenvalue weighted by molar-refractivity contribution is 0.352. The summed E-state index contributed by atoms with van der Waals surface area (Å²) in [6.07, 6.45) is 0.999. The summed E-state index contributed by atoms with van der Waals surface area (Å²) in [5, 5.41) is 4.51. The van der Waals surface area contributed by atoms with Crippen LogP contribution in [0.1, 0.15) is 22.5 Å². The first kappa shape index (κ1) is 11.8. The standard InChI is InChI=1S/C14H15BrN2O/c1-9-5-10(2)17(16-9)8-12-7-13(15)6-11-3-4-18-14(11)12/h5-7H,3-4,8H2,1-2H3. The van der Waals surface area contributed by atoms with Gasteiger partial charge in [-0.15, -0.1) is 0 Å². The van der Waals surface area contributed by atoms with E-state index in [4.69, 9.17) is 4.74 Å². The maximum absolute atomic E-state index is 5.74. The number of hydrogen-bond donors (Lipinski definition) is 0. The minimum Gasteiger partial charge on any atom is -0.493 e. The minimum atomic E-state index is 0.765. The second-order valence-electron chi connectivity index (χ2n) is 4.74. The third-order valence-electron chi connectivity index (χ3n) is 3.25. The van der Waals surface area contributed by atoms with Crippen molar-refractivity contribution in [2.75, 3.05) is 6.61 Å². The molecule has 1 aliphatic rings. The van der Waals surface area contributed by atoms with E-state index in [1.807, 2.05) is 11.6 Å². The molecule has 0 spiro atoms. The molecule has 0 aliphatic carbocycles. The minimum absolute atomic E-state index is 0.765. The lowest BCUT2D eigenvalue weighted by Gasteiger charge is -2.10. The van der Waals surface area contributed by atoms with Gasteiger partial charge in [-0.05, 0) is 37.6 Å². The Hall–Kier alpha value is -1.29. The van der Waals surface area contributed by atoms with Crippen molar-refractivity contribution in [3.63, 3.8) is 0 Å². The van der Waals surface area contributed by atoms with E-state index >= 15 is 0 Å². The third-order valence-corrected chi connectivity index (χ3v) is 3.71. The highest BCUT2D eigenvalue weighted by Crippen LogP contribution is 2.33. The van der Waals surface area contributed by atoms with Crippen LogP contribution in [-0.2, 0) is 13.0 Å². The van der Waals surface area contributed by atoms with Crippen molar-refractivity contribution in [1.29, 1.82) is 0 Å². The fraction of sp³-hybridized carbons (Fsp3) is 0.357. The van der Waals surface area contributed by atoms with Crippen LogP contribution in [0.2, 0.25) is 0 Å². The van der Waals surface area contributed by atoms with E-state index in [1.165, 1.54) is 16.8 Å². The number of ether oxygens (including phenoxy) is 1. The van der Waals surface area contributed by atoms with Gasteiger partial charge in [0.25, 0.3) is 0 Å². The van der Waals surface area contributed by atoms with Gasteiger partial charge in [0.2, 0.25) is 0 Å². The summed E-state index contributed by atoms with van der Waals surface area (Å²) in [5.74, 6) is 1.05. The summed E-state index contributed by atoms with van der Waals surface area (Å²) in [6.45, 7) is 5.65. The van der Waals surface area contributed by atoms with Crippen LogP contribution in [-0.4, -0.2) is 16.4 Å². The number of rotatable bonds is 2. The van der Waals surface area contributed by atoms with Gasteiger partial charge in [-0.1, -0.05) is 15.9 Å². The average Bonchev–Trinajstić information content (AvgIpc) is 2.86. The van der Waals surface area contributed by atoms with Crippen LogP contribution in [0.3, 0.4) is 0 Å². The SMILES string of the molecule is Cc1cc(C)n(Cc2cc(Br)cc3c2OCC3)n1. The molecule has 1 aromatic carbocycles. The van der Waals surface area contributed by atoms with Gasteiger partial charge in [-0.25, -0.2) is 0 Å². The highest BCUT2D eigenvalue weighted by atomic mass is 79.9. The molecule has 0 atom stereocenters. The van der Waals surface area contributed by atoms with Crippen LogP contribution in [0.4, 0.5) is 0 Å². The van der Waals surface area contributed by atoms with Crippen molar-refractivity contribution >= 4 is 15.9 Å². The van der Waals surface area contributed by atoms with Gasteiger partial charge in [0.1, 0.15) is 5.75 Å². The number of aryl methyl sites for hydroxylation is 2. The first-order valence-electron chi connectivity index (χ1n) is 6.08. The normalized spacial score (nSPS) is 13.5. The molecule has 1 aliphatic heterocycles. The first-order chi connectivity index (χ1) is 8.63. The van der Waals surface area contributed by atoms with Gasteiger partial charge in [0.05, 0.1) is 18.8 Å². The molecule has 3 nitrogen and oxygen atoms in total. The number of fused-ring (bicyclic) bond motifs is 1. The maximum atomic E-state index is 5.74. The molecule has 0 bridgehead atoms. The quantitative estimate of drug-likeness (QED) is 0.851. The zero-order valence-electron chi connectivity index (χ0n) is 10.5. The lowest BCUT2D eigenvalue weighted by Crippen LogP contribution is -2.05. The van der Waals surface area contributed by atoms with Crippen molar-refractivity contribution in [3.05, 3.63) is 45.2 Å². The van der Waals surface area contributed by atoms with Crippen LogP contribution in [0.15, 0.2) is 22.7 Å². The Morgan fingerprint density at radius 1 is 1.33 bits per heavy atom. The molecule has 0 fully saturated rings. The smallest absolute Gasteiger partial charge is 0.127 e. The van der Waals surface area contributed by atoms with Gasteiger partial charge in [-0.3, -0.25) is 4.68 Å². The average molecular weight is 307 g/mol. The molecule has 0 saturated heterocycles. The topological polar surface area (TPSA) is 27.1 Å². The summed E-state index contributed by atoms with van der Waals surface area (Å²) in [5.41, 5.74) is 4.73. The van der Waals surface area contributed by atoms with Gasteiger partial charge in [0, 0.05) is 22.2 Å². The van der Waals surface area contributed by atoms with Gasteiger partial charge in [-0.2, -0.15) is 5.10 Å². The molecule has 0 unspecified atom stereocenters. The number of halogens is 1. The zero-order chi connectivity index (χ0) is 12.7. The largest absolute Gasteiger partial charge is 0.493 e. The Kier molecular flexibility index (Phi) is 2.90. The fourth-order valence-corrected chi connectivity index (χ4v) is 3.01. The van der Waals surface area contributed by atoms with Gasteiger partial charge >= 0.3 is 0 Å². The van der Waals surface area contributed by atoms with E-state index in [-0.39, 0.29) is 0 Å². The second-order valence-corrected chi connectivity index (χ2v) is 5.65. The van der Waals surface area contributed by atoms with Crippen molar-refractivity contribution in [1.82, 2.24) is 9.78 Å². The Bertz CT molecular complexity index is 604. The predicted molar refractivity (Wildman–Crippen MR) is 74.1 cm³/mol. The molecular formula is C14H15BrN2O. The second kappa shape index (κ2) is 4.43. The highest BCUT2D eigenvalue weighted by Gasteiger charge is 2.18. The van der Waals surface area contributed by atoms with Gasteiger partial charge < -0.3 is 4.74 Å². The van der Waals surface area contributed by atoms with Crippen LogP contribution in [0.25, 0.3) is 0 Å². The number of nitrogens with zero attached hydrogens (tertiary/aromatic N) is 2. The summed E-state index contributed by atoms with van der Waals surface area (Å²) < 4.78 is 8.88. The third kappa shape index (κ3) is 2.05. The van der Waals surface area contributed by atoms with Crippen LogP contribution in [0.5, 0.6) is 5.75 Å². The Morgan fingerprint density at radius 3 is 2.89 bits per heavy atom. The monoisotopic (exact) mass is 306 g/mol. The molecule has 1 aromatic heterocycles. The van der Waals surface area contributed by atoms with E-state index in [2.05, 4.69) is 46.2 Å². The predicted octanol–water partition coefficient (Wildman–Crippen LogP) is 3.25. The van der Waals surface area contributed by atoms with Crippen molar-refractivity contribution in [2.24, 2.45) is 0 Å². The molecule has 3 rings (SSSR count). The molecule has 0 radical (unpaired) electrons. The molecule has 0 N–H and O–H groups in total. The van der Waals surface area contributed by atoms with Crippen molar-refractivity contribution in [3.8, 4) is 5.75 Å². The molecular weight excluding hydrogens is 292 g/mol. The van der Waals surface area contributed by atoms with E-state index in [0.29, 0.717) is 0 Å². The van der Waals surface area contributed by atoms with E-state index in [0.717, 1.165) is 35.5 Å². The molecule has 2 aromatic rings. The van der Waals surface area contributed by atoms with E-state index in [1.54, 1.807) is 0 Å². The molecule has 0 saturated carbocycles. The molecule has 18 heavy (non-hydrogen) atoms. The van der Waals surface area contributed by atoms with Crippen molar-refractivity contribution < 1.29 is 4.74 Å². The summed E-state index contributed by atoms with van der Waals surface area (Å²) in [6, 6.07) is 6.37. The van der Waals surface area contributed by atoms with Crippen molar-refractivity contribution in [2.45, 2.75) is 26.8 Å². The molecule has 2 heterocycles. The number of aromatic nitrogens is 2. The van der Waals surface area contributed by atoms with Crippen LogP contribution in [0, 0.1) is 13.8 Å². The number of hydrogen-bond acceptors (Lipinski definition) is 2. The Morgan fingerprint density at radius 2 is 2.17 bits per heavy atom. The van der Waals surface area contributed by atoms with E-state index < -0.39 is 0 Å². The zero-order valence-corrected chi connectivity index (χ0v) is 12.1. The highest BCUT2D eigenvalue weighted by molar-refractivity contribution is 9.10. The maximum Gasteiger partial charge on any atom is 0.127 e. The Balaban J connectivity index is 2.00. The number of benzene rings is 1. The van der Waals surface area contributed by atoms with Crippen LogP contribution < -0.4 is 4.74 Å². The summed E-state index contributed by atoms with van der Waals surface area (Å²) in [4.78, 5) is 0. The van der Waals surface area contributed by atoms with E-state index in [9.17, 15) is 0 Å². The lowest BCUT2D eigenvalue weighted by atomic mass is 10.1. The molecule has 4 heteroatoms. The fourth-order valence-electron chi connectivity index (χ4n) is 2.46. The summed E-state index contributed by atoms with van der Waals surface area (Å²) in [7, 11) is 0.